The van der Waals surface area contributed by atoms with Crippen molar-refractivity contribution < 1.29 is 14.7 Å². The molecule has 19 heavy (non-hydrogen) atoms. The molecule has 0 saturated carbocycles. The Balaban J connectivity index is 1.98. The van der Waals surface area contributed by atoms with Gasteiger partial charge < -0.3 is 10.0 Å². The molecule has 1 N–H and O–H groups in total. The first-order valence-corrected chi connectivity index (χ1v) is 5.90. The van der Waals surface area contributed by atoms with Gasteiger partial charge in [-0.15, -0.1) is 0 Å². The predicted molar refractivity (Wildman–Crippen MR) is 70.1 cm³/mol. The highest BCUT2D eigenvalue weighted by Gasteiger charge is 2.35. The van der Waals surface area contributed by atoms with Crippen molar-refractivity contribution in [3.8, 4) is 5.75 Å². The molecular weight excluding hydrogens is 242 g/mol. The number of amides is 1. The van der Waals surface area contributed by atoms with Crippen LogP contribution in [0, 0.1) is 0 Å². The number of carbonyl (C=O) groups is 2. The van der Waals surface area contributed by atoms with Gasteiger partial charge in [-0.05, 0) is 29.8 Å². The average molecular weight is 253 g/mol. The van der Waals surface area contributed by atoms with Crippen molar-refractivity contribution in [3.05, 3.63) is 59.7 Å². The summed E-state index contributed by atoms with van der Waals surface area (Å²) in [6.45, 7) is 0.274. The number of hydrogen-bond acceptors (Lipinski definition) is 3. The average Bonchev–Trinajstić information content (AvgIpc) is 2.65. The summed E-state index contributed by atoms with van der Waals surface area (Å²) < 4.78 is 0. The molecule has 0 atom stereocenters. The Morgan fingerprint density at radius 2 is 1.79 bits per heavy atom. The molecule has 0 saturated heterocycles. The number of anilines is 1. The first-order valence-electron chi connectivity index (χ1n) is 5.90. The number of nitrogens with zero attached hydrogens (tertiary/aromatic N) is 1. The highest BCUT2D eigenvalue weighted by Crippen LogP contribution is 2.30. The van der Waals surface area contributed by atoms with Crippen LogP contribution < -0.4 is 4.90 Å². The summed E-state index contributed by atoms with van der Waals surface area (Å²) in [6.07, 6.45) is 0. The quantitative estimate of drug-likeness (QED) is 0.834. The Hall–Kier alpha value is -2.62. The van der Waals surface area contributed by atoms with Crippen molar-refractivity contribution in [2.24, 2.45) is 0 Å². The summed E-state index contributed by atoms with van der Waals surface area (Å²) in [5.74, 6) is -0.857. The highest BCUT2D eigenvalue weighted by atomic mass is 16.3. The second-order valence-corrected chi connectivity index (χ2v) is 4.41. The minimum Gasteiger partial charge on any atom is -0.508 e. The van der Waals surface area contributed by atoms with Gasteiger partial charge in [0.15, 0.2) is 0 Å². The number of rotatable bonds is 2. The Labute approximate surface area is 109 Å². The van der Waals surface area contributed by atoms with E-state index < -0.39 is 11.7 Å². The van der Waals surface area contributed by atoms with E-state index in [4.69, 9.17) is 0 Å². The smallest absolute Gasteiger partial charge is 0.299 e. The zero-order valence-electron chi connectivity index (χ0n) is 10.0. The molecule has 0 radical (unpaired) electrons. The number of phenolic OH excluding ortho intramolecular Hbond substituents is 1. The Morgan fingerprint density at radius 3 is 2.58 bits per heavy atom. The number of ketones is 1. The topological polar surface area (TPSA) is 57.6 Å². The lowest BCUT2D eigenvalue weighted by molar-refractivity contribution is -0.114. The number of aromatic hydroxyl groups is 1. The van der Waals surface area contributed by atoms with Crippen LogP contribution in [0.3, 0.4) is 0 Å². The number of para-hydroxylation sites is 1. The minimum atomic E-state index is -0.524. The molecule has 0 unspecified atom stereocenters. The molecule has 1 heterocycles. The third-order valence-corrected chi connectivity index (χ3v) is 3.13. The molecular formula is C15H11NO3. The zero-order valence-corrected chi connectivity index (χ0v) is 10.0. The van der Waals surface area contributed by atoms with E-state index in [1.54, 1.807) is 48.5 Å². The molecule has 2 aromatic rings. The molecule has 94 valence electrons. The highest BCUT2D eigenvalue weighted by molar-refractivity contribution is 6.52. The molecule has 2 aromatic carbocycles. The van der Waals surface area contributed by atoms with Gasteiger partial charge in [0.25, 0.3) is 11.7 Å². The summed E-state index contributed by atoms with van der Waals surface area (Å²) in [5.41, 5.74) is 1.84. The maximum Gasteiger partial charge on any atom is 0.299 e. The van der Waals surface area contributed by atoms with E-state index in [2.05, 4.69) is 0 Å². The van der Waals surface area contributed by atoms with Gasteiger partial charge in [-0.1, -0.05) is 24.3 Å². The van der Waals surface area contributed by atoms with Crippen LogP contribution in [-0.2, 0) is 11.3 Å². The van der Waals surface area contributed by atoms with Crippen molar-refractivity contribution in [3.63, 3.8) is 0 Å². The molecule has 4 heteroatoms. The van der Waals surface area contributed by atoms with E-state index >= 15 is 0 Å². The van der Waals surface area contributed by atoms with Gasteiger partial charge in [0, 0.05) is 0 Å². The van der Waals surface area contributed by atoms with Crippen LogP contribution in [0.15, 0.2) is 48.5 Å². The predicted octanol–water partition coefficient (Wildman–Crippen LogP) is 2.12. The van der Waals surface area contributed by atoms with Crippen LogP contribution >= 0.6 is 0 Å². The maximum absolute atomic E-state index is 12.0. The standard InChI is InChI=1S/C15H11NO3/c17-11-5-3-4-10(8-11)9-16-13-7-2-1-6-12(13)14(18)15(16)19/h1-8,17H,9H2. The Kier molecular flexibility index (Phi) is 2.56. The van der Waals surface area contributed by atoms with E-state index in [1.165, 1.54) is 4.90 Å². The van der Waals surface area contributed by atoms with Gasteiger partial charge in [0.2, 0.25) is 0 Å². The number of fused-ring (bicyclic) bond motifs is 1. The monoisotopic (exact) mass is 253 g/mol. The van der Waals surface area contributed by atoms with E-state index in [1.807, 2.05) is 0 Å². The van der Waals surface area contributed by atoms with Crippen molar-refractivity contribution in [1.29, 1.82) is 0 Å². The van der Waals surface area contributed by atoms with Gasteiger partial charge in [0.05, 0.1) is 17.8 Å². The number of phenols is 1. The third kappa shape index (κ3) is 1.87. The first-order chi connectivity index (χ1) is 9.16. The number of carbonyl (C=O) groups excluding carboxylic acids is 2. The lowest BCUT2D eigenvalue weighted by Crippen LogP contribution is -2.29. The lowest BCUT2D eigenvalue weighted by atomic mass is 10.1. The van der Waals surface area contributed by atoms with Crippen molar-refractivity contribution in [1.82, 2.24) is 0 Å². The minimum absolute atomic E-state index is 0.142. The summed E-state index contributed by atoms with van der Waals surface area (Å²) in [5, 5.41) is 9.43. The molecule has 4 nitrogen and oxygen atoms in total. The van der Waals surface area contributed by atoms with E-state index in [0.717, 1.165) is 5.56 Å². The number of Topliss-reactive ketones (excluding diaryl/α,β-unsaturated/α-hetero) is 1. The molecule has 1 aliphatic heterocycles. The van der Waals surface area contributed by atoms with Gasteiger partial charge in [-0.25, -0.2) is 0 Å². The molecule has 0 aromatic heterocycles. The summed E-state index contributed by atoms with van der Waals surface area (Å²) in [6, 6.07) is 13.6. The fraction of sp³-hybridized carbons (Fsp3) is 0.0667. The SMILES string of the molecule is O=C1C(=O)N(Cc2cccc(O)c2)c2ccccc21. The van der Waals surface area contributed by atoms with Crippen LogP contribution in [0.4, 0.5) is 5.69 Å². The van der Waals surface area contributed by atoms with Gasteiger partial charge in [-0.3, -0.25) is 9.59 Å². The Morgan fingerprint density at radius 1 is 1.00 bits per heavy atom. The lowest BCUT2D eigenvalue weighted by Gasteiger charge is -2.16. The molecule has 3 rings (SSSR count). The second kappa shape index (κ2) is 4.24. The fourth-order valence-corrected chi connectivity index (χ4v) is 2.24. The third-order valence-electron chi connectivity index (χ3n) is 3.13. The second-order valence-electron chi connectivity index (χ2n) is 4.41. The fourth-order valence-electron chi connectivity index (χ4n) is 2.24. The van der Waals surface area contributed by atoms with Crippen LogP contribution in [0.1, 0.15) is 15.9 Å². The van der Waals surface area contributed by atoms with Crippen molar-refractivity contribution in [2.45, 2.75) is 6.54 Å². The van der Waals surface area contributed by atoms with Crippen LogP contribution in [-0.4, -0.2) is 16.8 Å². The van der Waals surface area contributed by atoms with Crippen LogP contribution in [0.5, 0.6) is 5.75 Å². The normalized spacial score (nSPS) is 13.8. The summed E-state index contributed by atoms with van der Waals surface area (Å²) in [4.78, 5) is 25.2. The zero-order chi connectivity index (χ0) is 13.4. The molecule has 1 aliphatic rings. The van der Waals surface area contributed by atoms with E-state index in [-0.39, 0.29) is 12.3 Å². The maximum atomic E-state index is 12.0. The summed E-state index contributed by atoms with van der Waals surface area (Å²) >= 11 is 0. The largest absolute Gasteiger partial charge is 0.508 e. The summed E-state index contributed by atoms with van der Waals surface area (Å²) in [7, 11) is 0. The van der Waals surface area contributed by atoms with Crippen molar-refractivity contribution >= 4 is 17.4 Å². The molecule has 1 amide bonds. The Bertz CT molecular complexity index is 679. The van der Waals surface area contributed by atoms with Gasteiger partial charge >= 0.3 is 0 Å². The van der Waals surface area contributed by atoms with Crippen molar-refractivity contribution in [2.75, 3.05) is 4.90 Å². The van der Waals surface area contributed by atoms with Gasteiger partial charge in [-0.2, -0.15) is 0 Å². The molecule has 0 spiro atoms. The number of benzene rings is 2. The van der Waals surface area contributed by atoms with Crippen LogP contribution in [0.25, 0.3) is 0 Å². The van der Waals surface area contributed by atoms with E-state index in [0.29, 0.717) is 11.3 Å². The molecule has 0 bridgehead atoms. The number of hydrogen-bond donors (Lipinski definition) is 1. The van der Waals surface area contributed by atoms with Gasteiger partial charge in [0.1, 0.15) is 5.75 Å². The molecule has 0 aliphatic carbocycles. The first kappa shape index (κ1) is 11.5. The van der Waals surface area contributed by atoms with Crippen LogP contribution in [0.2, 0.25) is 0 Å². The molecule has 0 fully saturated rings. The van der Waals surface area contributed by atoms with E-state index in [9.17, 15) is 14.7 Å².